The van der Waals surface area contributed by atoms with Crippen molar-refractivity contribution in [2.75, 3.05) is 52.2 Å². The van der Waals surface area contributed by atoms with Crippen molar-refractivity contribution >= 4 is 33.9 Å². The van der Waals surface area contributed by atoms with Gasteiger partial charge in [0, 0.05) is 32.6 Å². The fourth-order valence-corrected chi connectivity index (χ4v) is 6.75. The van der Waals surface area contributed by atoms with Gasteiger partial charge in [0.1, 0.15) is 35.9 Å². The molecule has 2 aliphatic heterocycles. The minimum Gasteiger partial charge on any atom is -0.490 e. The number of sulfonamides is 1. The second-order valence-corrected chi connectivity index (χ2v) is 14.6. The van der Waals surface area contributed by atoms with Crippen molar-refractivity contribution < 1.29 is 41.7 Å². The van der Waals surface area contributed by atoms with Gasteiger partial charge in [-0.1, -0.05) is 25.5 Å². The van der Waals surface area contributed by atoms with Crippen LogP contribution in [-0.2, 0) is 40.2 Å². The molecule has 0 aromatic heterocycles. The number of ether oxygens (including phenoxy) is 4. The number of rotatable bonds is 17. The van der Waals surface area contributed by atoms with E-state index in [0.29, 0.717) is 37.2 Å². The molecule has 5 N–H and O–H groups in total. The standard InChI is InChI=1S/C31H50N6O9S/c1-6-7-16-47(41,42)35-24(28(38)43-5)17-21-8-10-22(11-9-21)44-20-23-19-37(30(40)45-23)26(29(39)46-31(2,3)4)18-25(27(32)33)36-14-12-34-13-15-36/h8-11,23-26,34-35H,6-7,12-20H2,1-5H3,(H3,32,33). The maximum atomic E-state index is 13.4. The van der Waals surface area contributed by atoms with Crippen molar-refractivity contribution in [3.63, 3.8) is 0 Å². The lowest BCUT2D eigenvalue weighted by Gasteiger charge is -2.37. The van der Waals surface area contributed by atoms with E-state index in [4.69, 9.17) is 30.1 Å². The molecular formula is C31H50N6O9S. The van der Waals surface area contributed by atoms with E-state index in [-0.39, 0.29) is 37.6 Å². The fraction of sp³-hybridized carbons (Fsp3) is 0.677. The number of nitrogens with two attached hydrogens (primary N) is 1. The Morgan fingerprint density at radius 1 is 1.15 bits per heavy atom. The predicted octanol–water partition coefficient (Wildman–Crippen LogP) is 1.000. The molecule has 0 bridgehead atoms. The summed E-state index contributed by atoms with van der Waals surface area (Å²) in [6.45, 7) is 9.89. The Kier molecular flexibility index (Phi) is 13.8. The van der Waals surface area contributed by atoms with Gasteiger partial charge in [-0.25, -0.2) is 22.7 Å². The lowest BCUT2D eigenvalue weighted by molar-refractivity contribution is -0.160. The zero-order valence-corrected chi connectivity index (χ0v) is 28.8. The van der Waals surface area contributed by atoms with Crippen molar-refractivity contribution in [1.82, 2.24) is 19.8 Å². The van der Waals surface area contributed by atoms with Crippen molar-refractivity contribution in [3.8, 4) is 5.75 Å². The van der Waals surface area contributed by atoms with E-state index >= 15 is 0 Å². The Bertz CT molecular complexity index is 1330. The average Bonchev–Trinajstić information content (AvgIpc) is 3.38. The van der Waals surface area contributed by atoms with Crippen LogP contribution in [0.3, 0.4) is 0 Å². The Labute approximate surface area is 277 Å². The average molecular weight is 683 g/mol. The summed E-state index contributed by atoms with van der Waals surface area (Å²) < 4.78 is 49.1. The topological polar surface area (TPSA) is 203 Å². The molecule has 2 aliphatic rings. The summed E-state index contributed by atoms with van der Waals surface area (Å²) in [6, 6.07) is 4.06. The van der Waals surface area contributed by atoms with Gasteiger partial charge in [-0.05, 0) is 51.3 Å². The van der Waals surface area contributed by atoms with Crippen molar-refractivity contribution in [2.24, 2.45) is 5.73 Å². The molecule has 1 amide bonds. The number of unbranched alkanes of at least 4 members (excludes halogenated alkanes) is 1. The number of carbonyl (C=O) groups is 3. The Morgan fingerprint density at radius 2 is 1.81 bits per heavy atom. The number of benzene rings is 1. The van der Waals surface area contributed by atoms with Gasteiger partial charge in [-0.2, -0.15) is 0 Å². The number of nitrogens with one attached hydrogen (secondary N) is 3. The van der Waals surface area contributed by atoms with Crippen molar-refractivity contribution in [2.45, 2.75) is 83.2 Å². The predicted molar refractivity (Wildman–Crippen MR) is 175 cm³/mol. The highest BCUT2D eigenvalue weighted by Gasteiger charge is 2.43. The molecule has 3 rings (SSSR count). The Hall–Kier alpha value is -3.47. The number of hydrogen-bond donors (Lipinski definition) is 4. The van der Waals surface area contributed by atoms with Gasteiger partial charge in [0.25, 0.3) is 0 Å². The monoisotopic (exact) mass is 682 g/mol. The second-order valence-electron chi connectivity index (χ2n) is 12.7. The number of methoxy groups -OCH3 is 1. The third-order valence-corrected chi connectivity index (χ3v) is 9.20. The number of amidine groups is 1. The first kappa shape index (κ1) is 38.0. The highest BCUT2D eigenvalue weighted by atomic mass is 32.2. The number of amides is 1. The quantitative estimate of drug-likeness (QED) is 0.0787. The molecule has 264 valence electrons. The smallest absolute Gasteiger partial charge is 0.411 e. The van der Waals surface area contributed by atoms with Crippen LogP contribution in [0.25, 0.3) is 0 Å². The third kappa shape index (κ3) is 11.9. The summed E-state index contributed by atoms with van der Waals surface area (Å²) in [5, 5.41) is 11.5. The first-order valence-electron chi connectivity index (χ1n) is 15.9. The summed E-state index contributed by atoms with van der Waals surface area (Å²) >= 11 is 0. The van der Waals surface area contributed by atoms with Crippen LogP contribution in [-0.4, -0.2) is 124 Å². The van der Waals surface area contributed by atoms with Gasteiger partial charge in [-0.15, -0.1) is 0 Å². The van der Waals surface area contributed by atoms with E-state index in [0.717, 1.165) is 13.1 Å². The summed E-state index contributed by atoms with van der Waals surface area (Å²) in [6.07, 6.45) is -0.0542. The Morgan fingerprint density at radius 3 is 2.38 bits per heavy atom. The summed E-state index contributed by atoms with van der Waals surface area (Å²) in [7, 11) is -2.46. The molecular weight excluding hydrogens is 632 g/mol. The number of esters is 2. The maximum absolute atomic E-state index is 13.4. The molecule has 2 heterocycles. The third-order valence-electron chi connectivity index (χ3n) is 7.73. The molecule has 0 spiro atoms. The number of nitrogens with zero attached hydrogens (tertiary/aromatic N) is 2. The van der Waals surface area contributed by atoms with E-state index < -0.39 is 57.9 Å². The first-order chi connectivity index (χ1) is 22.1. The Balaban J connectivity index is 1.65. The van der Waals surface area contributed by atoms with Gasteiger partial charge in [0.05, 0.1) is 25.4 Å². The molecule has 2 saturated heterocycles. The van der Waals surface area contributed by atoms with Crippen LogP contribution in [0.5, 0.6) is 5.75 Å². The molecule has 16 heteroatoms. The second kappa shape index (κ2) is 17.1. The number of cyclic esters (lactones) is 1. The van der Waals surface area contributed by atoms with Crippen LogP contribution < -0.4 is 20.5 Å². The highest BCUT2D eigenvalue weighted by Crippen LogP contribution is 2.24. The van der Waals surface area contributed by atoms with Crippen LogP contribution >= 0.6 is 0 Å². The molecule has 1 aromatic carbocycles. The molecule has 0 radical (unpaired) electrons. The highest BCUT2D eigenvalue weighted by molar-refractivity contribution is 7.89. The van der Waals surface area contributed by atoms with Crippen LogP contribution in [0.4, 0.5) is 4.79 Å². The van der Waals surface area contributed by atoms with E-state index in [9.17, 15) is 22.8 Å². The number of carbonyl (C=O) groups excluding carboxylic acids is 3. The van der Waals surface area contributed by atoms with Crippen LogP contribution in [0.15, 0.2) is 24.3 Å². The minimum atomic E-state index is -3.66. The normalized spacial score (nSPS) is 19.4. The summed E-state index contributed by atoms with van der Waals surface area (Å²) in [4.78, 5) is 42.1. The van der Waals surface area contributed by atoms with Crippen LogP contribution in [0.1, 0.15) is 52.5 Å². The number of piperazine rings is 1. The van der Waals surface area contributed by atoms with Crippen LogP contribution in [0.2, 0.25) is 0 Å². The van der Waals surface area contributed by atoms with Gasteiger partial charge in [0.15, 0.2) is 6.10 Å². The van der Waals surface area contributed by atoms with Gasteiger partial charge >= 0.3 is 18.0 Å². The lowest BCUT2D eigenvalue weighted by Crippen LogP contribution is -2.56. The number of hydrogen-bond acceptors (Lipinski definition) is 12. The van der Waals surface area contributed by atoms with Gasteiger partial charge in [0.2, 0.25) is 10.0 Å². The van der Waals surface area contributed by atoms with Gasteiger partial charge < -0.3 is 30.0 Å². The molecule has 4 atom stereocenters. The molecule has 2 fully saturated rings. The van der Waals surface area contributed by atoms with E-state index in [2.05, 4.69) is 10.0 Å². The van der Waals surface area contributed by atoms with E-state index in [1.54, 1.807) is 45.0 Å². The summed E-state index contributed by atoms with van der Waals surface area (Å²) in [5.41, 5.74) is 5.85. The minimum absolute atomic E-state index is 0.00142. The largest absolute Gasteiger partial charge is 0.490 e. The lowest BCUT2D eigenvalue weighted by atomic mass is 10.0. The van der Waals surface area contributed by atoms with Crippen molar-refractivity contribution in [1.29, 1.82) is 5.41 Å². The van der Waals surface area contributed by atoms with Crippen molar-refractivity contribution in [3.05, 3.63) is 29.8 Å². The SMILES string of the molecule is CCCCS(=O)(=O)NC(Cc1ccc(OCC2CN(C(CC(C(=N)N)N3CCNCC3)C(=O)OC(C)(C)C)C(=O)O2)cc1)C(=O)OC. The van der Waals surface area contributed by atoms with Crippen LogP contribution in [0, 0.1) is 5.41 Å². The van der Waals surface area contributed by atoms with E-state index in [1.807, 2.05) is 11.8 Å². The van der Waals surface area contributed by atoms with E-state index in [1.165, 1.54) is 12.0 Å². The zero-order chi connectivity index (χ0) is 34.8. The molecule has 47 heavy (non-hydrogen) atoms. The molecule has 4 unspecified atom stereocenters. The maximum Gasteiger partial charge on any atom is 0.411 e. The molecule has 0 saturated carbocycles. The fourth-order valence-electron chi connectivity index (χ4n) is 5.35. The summed E-state index contributed by atoms with van der Waals surface area (Å²) in [5.74, 6) is -1.02. The molecule has 1 aromatic rings. The first-order valence-corrected chi connectivity index (χ1v) is 17.6. The molecule has 0 aliphatic carbocycles. The molecule has 15 nitrogen and oxygen atoms in total. The van der Waals surface area contributed by atoms with Gasteiger partial charge in [-0.3, -0.25) is 20.0 Å². The zero-order valence-electron chi connectivity index (χ0n) is 28.0.